The third kappa shape index (κ3) is 4.34. The monoisotopic (exact) mass is 474 g/mol. The molecular formula is C26H26N4O3S. The molecule has 0 radical (unpaired) electrons. The van der Waals surface area contributed by atoms with Gasteiger partial charge in [0, 0.05) is 24.2 Å². The number of nitrogens with zero attached hydrogens (tertiary/aromatic N) is 2. The van der Waals surface area contributed by atoms with E-state index in [2.05, 4.69) is 22.2 Å². The Morgan fingerprint density at radius 3 is 2.53 bits per heavy atom. The lowest BCUT2D eigenvalue weighted by atomic mass is 10.0. The summed E-state index contributed by atoms with van der Waals surface area (Å²) >= 11 is 0. The third-order valence-corrected chi connectivity index (χ3v) is 8.07. The minimum absolute atomic E-state index is 0.209. The zero-order chi connectivity index (χ0) is 23.7. The molecule has 1 fully saturated rings. The van der Waals surface area contributed by atoms with Crippen molar-refractivity contribution >= 4 is 32.7 Å². The largest absolute Gasteiger partial charge is 0.338 e. The van der Waals surface area contributed by atoms with Gasteiger partial charge in [0.15, 0.2) is 0 Å². The van der Waals surface area contributed by atoms with Crippen molar-refractivity contribution in [2.75, 3.05) is 18.4 Å². The molecule has 174 valence electrons. The van der Waals surface area contributed by atoms with Gasteiger partial charge in [-0.1, -0.05) is 31.2 Å². The molecule has 34 heavy (non-hydrogen) atoms. The topological polar surface area (TPSA) is 95.2 Å². The number of carbonyl (C=O) groups excluding carboxylic acids is 1. The van der Waals surface area contributed by atoms with Crippen LogP contribution >= 0.6 is 0 Å². The van der Waals surface area contributed by atoms with E-state index in [0.717, 1.165) is 29.4 Å². The lowest BCUT2D eigenvalue weighted by molar-refractivity contribution is 0.102. The second-order valence-corrected chi connectivity index (χ2v) is 10.7. The van der Waals surface area contributed by atoms with E-state index in [4.69, 9.17) is 0 Å². The number of nitrogens with one attached hydrogen (secondary N) is 2. The Labute approximate surface area is 198 Å². The fourth-order valence-electron chi connectivity index (χ4n) is 4.37. The Morgan fingerprint density at radius 1 is 1.03 bits per heavy atom. The van der Waals surface area contributed by atoms with Crippen LogP contribution in [0.3, 0.4) is 0 Å². The van der Waals surface area contributed by atoms with Crippen molar-refractivity contribution in [3.05, 3.63) is 78.4 Å². The summed E-state index contributed by atoms with van der Waals surface area (Å²) in [4.78, 5) is 21.1. The molecule has 3 aromatic carbocycles. The Balaban J connectivity index is 1.36. The number of anilines is 1. The maximum absolute atomic E-state index is 13.0. The standard InChI is InChI=1S/C26H26N4O3S/c1-18-7-6-16-30(17-18)34(32,33)20-14-12-19(13-15-20)26(31)29-22-9-3-2-8-21(22)25-27-23-10-4-5-11-24(23)28-25/h2-5,8-15,18H,6-7,16-17H2,1H3,(H,27,28)(H,29,31)/t18-/m1/s1. The molecule has 2 heterocycles. The zero-order valence-corrected chi connectivity index (χ0v) is 19.7. The number of amides is 1. The van der Waals surface area contributed by atoms with Crippen molar-refractivity contribution in [3.8, 4) is 11.4 Å². The molecule has 1 saturated heterocycles. The molecule has 1 amide bonds. The van der Waals surface area contributed by atoms with E-state index in [9.17, 15) is 13.2 Å². The highest BCUT2D eigenvalue weighted by molar-refractivity contribution is 7.89. The number of hydrogen-bond donors (Lipinski definition) is 2. The molecule has 1 atom stereocenters. The molecule has 4 aromatic rings. The van der Waals surface area contributed by atoms with Crippen molar-refractivity contribution in [1.29, 1.82) is 0 Å². The summed E-state index contributed by atoms with van der Waals surface area (Å²) < 4.78 is 27.5. The number of piperidine rings is 1. The van der Waals surface area contributed by atoms with Gasteiger partial charge in [-0.25, -0.2) is 13.4 Å². The van der Waals surface area contributed by atoms with Gasteiger partial charge in [-0.2, -0.15) is 4.31 Å². The number of aromatic nitrogens is 2. The number of aromatic amines is 1. The van der Waals surface area contributed by atoms with Gasteiger partial charge in [0.05, 0.1) is 21.6 Å². The molecule has 7 nitrogen and oxygen atoms in total. The number of rotatable bonds is 5. The maximum Gasteiger partial charge on any atom is 0.255 e. The van der Waals surface area contributed by atoms with Crippen LogP contribution in [0.15, 0.2) is 77.7 Å². The van der Waals surface area contributed by atoms with Crippen LogP contribution in [0.1, 0.15) is 30.1 Å². The number of benzene rings is 3. The van der Waals surface area contributed by atoms with E-state index in [0.29, 0.717) is 36.1 Å². The highest BCUT2D eigenvalue weighted by Crippen LogP contribution is 2.28. The highest BCUT2D eigenvalue weighted by Gasteiger charge is 2.28. The molecule has 2 N–H and O–H groups in total. The number of carbonyl (C=O) groups is 1. The van der Waals surface area contributed by atoms with E-state index in [1.54, 1.807) is 16.4 Å². The Hall–Kier alpha value is -3.49. The first kappa shape index (κ1) is 22.3. The second kappa shape index (κ2) is 9.04. The molecule has 0 saturated carbocycles. The predicted octanol–water partition coefficient (Wildman–Crippen LogP) is 4.90. The van der Waals surface area contributed by atoms with Crippen LogP contribution in [0.4, 0.5) is 5.69 Å². The summed E-state index contributed by atoms with van der Waals surface area (Å²) in [5.74, 6) is 0.689. The first-order chi connectivity index (χ1) is 16.4. The molecular weight excluding hydrogens is 448 g/mol. The van der Waals surface area contributed by atoms with Crippen LogP contribution in [-0.4, -0.2) is 41.7 Å². The average molecular weight is 475 g/mol. The molecule has 0 unspecified atom stereocenters. The van der Waals surface area contributed by atoms with E-state index < -0.39 is 10.0 Å². The molecule has 8 heteroatoms. The Morgan fingerprint density at radius 2 is 1.76 bits per heavy atom. The minimum atomic E-state index is -3.56. The lowest BCUT2D eigenvalue weighted by Crippen LogP contribution is -2.39. The maximum atomic E-state index is 13.0. The smallest absolute Gasteiger partial charge is 0.255 e. The lowest BCUT2D eigenvalue weighted by Gasteiger charge is -2.30. The average Bonchev–Trinajstić information content (AvgIpc) is 3.28. The molecule has 0 aliphatic carbocycles. The summed E-state index contributed by atoms with van der Waals surface area (Å²) in [6.45, 7) is 3.13. The van der Waals surface area contributed by atoms with Gasteiger partial charge in [0.2, 0.25) is 10.0 Å². The molecule has 1 aliphatic rings. The summed E-state index contributed by atoms with van der Waals surface area (Å²) in [7, 11) is -3.56. The van der Waals surface area contributed by atoms with Gasteiger partial charge >= 0.3 is 0 Å². The zero-order valence-electron chi connectivity index (χ0n) is 18.9. The number of hydrogen-bond acceptors (Lipinski definition) is 4. The highest BCUT2D eigenvalue weighted by atomic mass is 32.2. The van der Waals surface area contributed by atoms with Gasteiger partial charge in [-0.05, 0) is 67.3 Å². The van der Waals surface area contributed by atoms with Crippen LogP contribution in [-0.2, 0) is 10.0 Å². The van der Waals surface area contributed by atoms with Gasteiger partial charge < -0.3 is 10.3 Å². The number of H-pyrrole nitrogens is 1. The number of para-hydroxylation sites is 3. The van der Waals surface area contributed by atoms with Crippen molar-refractivity contribution in [1.82, 2.24) is 14.3 Å². The van der Waals surface area contributed by atoms with Crippen molar-refractivity contribution < 1.29 is 13.2 Å². The van der Waals surface area contributed by atoms with Gasteiger partial charge in [0.1, 0.15) is 5.82 Å². The van der Waals surface area contributed by atoms with Gasteiger partial charge in [-0.15, -0.1) is 0 Å². The first-order valence-electron chi connectivity index (χ1n) is 11.4. The van der Waals surface area contributed by atoms with Crippen molar-refractivity contribution in [2.24, 2.45) is 5.92 Å². The minimum Gasteiger partial charge on any atom is -0.338 e. The van der Waals surface area contributed by atoms with Crippen molar-refractivity contribution in [3.63, 3.8) is 0 Å². The van der Waals surface area contributed by atoms with Crippen LogP contribution in [0.2, 0.25) is 0 Å². The van der Waals surface area contributed by atoms with E-state index in [1.807, 2.05) is 48.5 Å². The van der Waals surface area contributed by atoms with E-state index in [-0.39, 0.29) is 10.8 Å². The Bertz CT molecular complexity index is 1410. The molecule has 1 aromatic heterocycles. The molecule has 5 rings (SSSR count). The van der Waals surface area contributed by atoms with E-state index in [1.165, 1.54) is 12.1 Å². The molecule has 0 spiro atoms. The third-order valence-electron chi connectivity index (χ3n) is 6.19. The summed E-state index contributed by atoms with van der Waals surface area (Å²) in [6.07, 6.45) is 1.91. The van der Waals surface area contributed by atoms with Crippen molar-refractivity contribution in [2.45, 2.75) is 24.7 Å². The van der Waals surface area contributed by atoms with E-state index >= 15 is 0 Å². The Kier molecular flexibility index (Phi) is 5.93. The normalized spacial score (nSPS) is 17.0. The van der Waals surface area contributed by atoms with Crippen LogP contribution < -0.4 is 5.32 Å². The quantitative estimate of drug-likeness (QED) is 0.430. The first-order valence-corrected chi connectivity index (χ1v) is 12.8. The summed E-state index contributed by atoms with van der Waals surface area (Å²) in [5, 5.41) is 2.94. The van der Waals surface area contributed by atoms with Crippen LogP contribution in [0, 0.1) is 5.92 Å². The SMILES string of the molecule is C[C@@H]1CCCN(S(=O)(=O)c2ccc(C(=O)Nc3ccccc3-c3nc4ccccc4[nH]3)cc2)C1. The fourth-order valence-corrected chi connectivity index (χ4v) is 5.96. The number of fused-ring (bicyclic) bond motifs is 1. The van der Waals surface area contributed by atoms with Gasteiger partial charge in [-0.3, -0.25) is 4.79 Å². The summed E-state index contributed by atoms with van der Waals surface area (Å²) in [6, 6.07) is 21.3. The van der Waals surface area contributed by atoms with Crippen LogP contribution in [0.25, 0.3) is 22.4 Å². The molecule has 1 aliphatic heterocycles. The van der Waals surface area contributed by atoms with Gasteiger partial charge in [0.25, 0.3) is 5.91 Å². The molecule has 0 bridgehead atoms. The summed E-state index contributed by atoms with van der Waals surface area (Å²) in [5.41, 5.74) is 3.53. The predicted molar refractivity (Wildman–Crippen MR) is 133 cm³/mol. The van der Waals surface area contributed by atoms with Crippen LogP contribution in [0.5, 0.6) is 0 Å². The number of sulfonamides is 1. The second-order valence-electron chi connectivity index (χ2n) is 8.74. The fraction of sp³-hybridized carbons (Fsp3) is 0.231. The number of imidazole rings is 1.